The van der Waals surface area contributed by atoms with Crippen LogP contribution in [0.4, 0.5) is 10.1 Å². The molecule has 0 amide bonds. The smallest absolute Gasteiger partial charge is 0.123 e. The van der Waals surface area contributed by atoms with Crippen LogP contribution >= 0.6 is 37.2 Å². The molecule has 0 N–H and O–H groups in total. The summed E-state index contributed by atoms with van der Waals surface area (Å²) >= 11 is 0. The Morgan fingerprint density at radius 3 is 2.10 bits per heavy atom. The standard InChI is InChI=1S/C23H24FN3O.3ClH/c1-28-23-8-6-22(7-9-23)27-12-10-26(11-13-27)17-18-14-20(16-25-15-18)19-2-4-21(24)5-3-19;;;/h2-9,14-16H,10-13,17H2,1H3;3*1H. The van der Waals surface area contributed by atoms with Gasteiger partial charge in [-0.25, -0.2) is 4.39 Å². The van der Waals surface area contributed by atoms with Crippen molar-refractivity contribution in [3.63, 3.8) is 0 Å². The van der Waals surface area contributed by atoms with Gasteiger partial charge in [-0.3, -0.25) is 9.88 Å². The van der Waals surface area contributed by atoms with Gasteiger partial charge < -0.3 is 9.64 Å². The fourth-order valence-electron chi connectivity index (χ4n) is 3.59. The molecular formula is C23H27Cl3FN3O. The number of hydrogen-bond donors (Lipinski definition) is 0. The highest BCUT2D eigenvalue weighted by Gasteiger charge is 2.17. The van der Waals surface area contributed by atoms with Crippen LogP contribution in [0.25, 0.3) is 11.1 Å². The molecule has 0 unspecified atom stereocenters. The maximum atomic E-state index is 13.2. The van der Waals surface area contributed by atoms with E-state index < -0.39 is 0 Å². The van der Waals surface area contributed by atoms with Gasteiger partial charge in [0.15, 0.2) is 0 Å². The van der Waals surface area contributed by atoms with E-state index in [1.54, 1.807) is 19.2 Å². The van der Waals surface area contributed by atoms with Crippen LogP contribution in [0.15, 0.2) is 67.0 Å². The largest absolute Gasteiger partial charge is 0.497 e. The van der Waals surface area contributed by atoms with Crippen LogP contribution in [0.5, 0.6) is 5.75 Å². The van der Waals surface area contributed by atoms with Crippen LogP contribution in [-0.4, -0.2) is 43.2 Å². The van der Waals surface area contributed by atoms with Gasteiger partial charge >= 0.3 is 0 Å². The Kier molecular flexibility index (Phi) is 11.1. The molecule has 3 aromatic rings. The van der Waals surface area contributed by atoms with E-state index >= 15 is 0 Å². The first kappa shape index (κ1) is 27.0. The fraction of sp³-hybridized carbons (Fsp3) is 0.261. The Bertz CT molecular complexity index is 918. The van der Waals surface area contributed by atoms with Crippen molar-refractivity contribution in [3.8, 4) is 16.9 Å². The van der Waals surface area contributed by atoms with Crippen molar-refractivity contribution in [2.45, 2.75) is 6.54 Å². The number of anilines is 1. The first-order chi connectivity index (χ1) is 13.7. The number of rotatable bonds is 5. The molecule has 0 radical (unpaired) electrons. The second-order valence-electron chi connectivity index (χ2n) is 7.05. The minimum absolute atomic E-state index is 0. The summed E-state index contributed by atoms with van der Waals surface area (Å²) in [7, 11) is 1.69. The molecule has 8 heteroatoms. The molecule has 168 valence electrons. The Hall–Kier alpha value is -2.05. The average molecular weight is 487 g/mol. The van der Waals surface area contributed by atoms with E-state index in [0.717, 1.165) is 49.6 Å². The number of aromatic nitrogens is 1. The third kappa shape index (κ3) is 6.97. The van der Waals surface area contributed by atoms with Gasteiger partial charge in [0, 0.05) is 56.4 Å². The number of piperazine rings is 1. The molecule has 0 spiro atoms. The number of benzene rings is 2. The lowest BCUT2D eigenvalue weighted by atomic mass is 10.1. The second-order valence-corrected chi connectivity index (χ2v) is 7.05. The van der Waals surface area contributed by atoms with Crippen LogP contribution in [0.3, 0.4) is 0 Å². The Morgan fingerprint density at radius 2 is 1.48 bits per heavy atom. The third-order valence-corrected chi connectivity index (χ3v) is 5.19. The first-order valence-corrected chi connectivity index (χ1v) is 9.52. The summed E-state index contributed by atoms with van der Waals surface area (Å²) in [6, 6.07) is 17.0. The van der Waals surface area contributed by atoms with Crippen LogP contribution in [0.1, 0.15) is 5.56 Å². The maximum absolute atomic E-state index is 13.2. The minimum Gasteiger partial charge on any atom is -0.497 e. The molecule has 1 saturated heterocycles. The molecule has 0 aliphatic carbocycles. The van der Waals surface area contributed by atoms with Gasteiger partial charge in [-0.05, 0) is 53.6 Å². The molecule has 4 nitrogen and oxygen atoms in total. The maximum Gasteiger partial charge on any atom is 0.123 e. The van der Waals surface area contributed by atoms with Gasteiger partial charge in [0.1, 0.15) is 11.6 Å². The van der Waals surface area contributed by atoms with Crippen LogP contribution < -0.4 is 9.64 Å². The van der Waals surface area contributed by atoms with E-state index in [2.05, 4.69) is 33.0 Å². The lowest BCUT2D eigenvalue weighted by Gasteiger charge is -2.36. The summed E-state index contributed by atoms with van der Waals surface area (Å²) in [6.45, 7) is 4.88. The Labute approximate surface area is 201 Å². The average Bonchev–Trinajstić information content (AvgIpc) is 2.75. The summed E-state index contributed by atoms with van der Waals surface area (Å²) in [4.78, 5) is 9.24. The van der Waals surface area contributed by atoms with Crippen molar-refractivity contribution in [1.82, 2.24) is 9.88 Å². The van der Waals surface area contributed by atoms with E-state index in [4.69, 9.17) is 4.74 Å². The number of methoxy groups -OCH3 is 1. The molecule has 2 heterocycles. The summed E-state index contributed by atoms with van der Waals surface area (Å²) < 4.78 is 18.4. The van der Waals surface area contributed by atoms with Crippen molar-refractivity contribution in [2.75, 3.05) is 38.2 Å². The highest BCUT2D eigenvalue weighted by molar-refractivity contribution is 5.86. The van der Waals surface area contributed by atoms with Crippen molar-refractivity contribution >= 4 is 42.9 Å². The molecule has 0 atom stereocenters. The number of nitrogens with zero attached hydrogens (tertiary/aromatic N) is 3. The van der Waals surface area contributed by atoms with Crippen LogP contribution in [0.2, 0.25) is 0 Å². The quantitative estimate of drug-likeness (QED) is 0.477. The van der Waals surface area contributed by atoms with Gasteiger partial charge in [-0.1, -0.05) is 12.1 Å². The number of ether oxygens (including phenoxy) is 1. The summed E-state index contributed by atoms with van der Waals surface area (Å²) in [5, 5.41) is 0. The molecule has 0 bridgehead atoms. The molecule has 2 aromatic carbocycles. The van der Waals surface area contributed by atoms with E-state index in [1.807, 2.05) is 24.5 Å². The molecule has 1 aliphatic rings. The highest BCUT2D eigenvalue weighted by Crippen LogP contribution is 2.23. The van der Waals surface area contributed by atoms with E-state index in [0.29, 0.717) is 0 Å². The lowest BCUT2D eigenvalue weighted by Crippen LogP contribution is -2.45. The van der Waals surface area contributed by atoms with Crippen molar-refractivity contribution in [1.29, 1.82) is 0 Å². The zero-order valence-corrected chi connectivity index (χ0v) is 19.7. The molecule has 1 aliphatic heterocycles. The molecule has 1 aromatic heterocycles. The van der Waals surface area contributed by atoms with Crippen LogP contribution in [-0.2, 0) is 6.54 Å². The molecular weight excluding hydrogens is 460 g/mol. The summed E-state index contributed by atoms with van der Waals surface area (Å²) in [5.41, 5.74) is 4.43. The number of pyridine rings is 1. The van der Waals surface area contributed by atoms with Gasteiger partial charge in [0.05, 0.1) is 7.11 Å². The predicted molar refractivity (Wildman–Crippen MR) is 132 cm³/mol. The van der Waals surface area contributed by atoms with E-state index in [1.165, 1.54) is 23.4 Å². The third-order valence-electron chi connectivity index (χ3n) is 5.19. The zero-order valence-electron chi connectivity index (χ0n) is 17.2. The topological polar surface area (TPSA) is 28.6 Å². The van der Waals surface area contributed by atoms with Gasteiger partial charge in [-0.15, -0.1) is 37.2 Å². The predicted octanol–water partition coefficient (Wildman–Crippen LogP) is 5.48. The normalized spacial score (nSPS) is 13.4. The van der Waals surface area contributed by atoms with E-state index in [-0.39, 0.29) is 43.0 Å². The van der Waals surface area contributed by atoms with Crippen molar-refractivity contribution in [3.05, 3.63) is 78.4 Å². The molecule has 0 saturated carbocycles. The number of hydrogen-bond acceptors (Lipinski definition) is 4. The van der Waals surface area contributed by atoms with Gasteiger partial charge in [0.2, 0.25) is 0 Å². The lowest BCUT2D eigenvalue weighted by molar-refractivity contribution is 0.249. The summed E-state index contributed by atoms with van der Waals surface area (Å²) in [6.07, 6.45) is 3.75. The van der Waals surface area contributed by atoms with Crippen molar-refractivity contribution < 1.29 is 9.13 Å². The fourth-order valence-corrected chi connectivity index (χ4v) is 3.59. The first-order valence-electron chi connectivity index (χ1n) is 9.52. The molecule has 1 fully saturated rings. The van der Waals surface area contributed by atoms with E-state index in [9.17, 15) is 4.39 Å². The minimum atomic E-state index is -0.220. The highest BCUT2D eigenvalue weighted by atomic mass is 35.5. The van der Waals surface area contributed by atoms with Gasteiger partial charge in [-0.2, -0.15) is 0 Å². The van der Waals surface area contributed by atoms with Crippen molar-refractivity contribution in [2.24, 2.45) is 0 Å². The number of halogens is 4. The Balaban J connectivity index is 0.00000160. The molecule has 4 rings (SSSR count). The second kappa shape index (κ2) is 12.7. The Morgan fingerprint density at radius 1 is 0.839 bits per heavy atom. The molecule has 31 heavy (non-hydrogen) atoms. The van der Waals surface area contributed by atoms with Gasteiger partial charge in [0.25, 0.3) is 0 Å². The summed E-state index contributed by atoms with van der Waals surface area (Å²) in [5.74, 6) is 0.665. The monoisotopic (exact) mass is 485 g/mol. The SMILES string of the molecule is COc1ccc(N2CCN(Cc3cncc(-c4ccc(F)cc4)c3)CC2)cc1.Cl.Cl.Cl. The zero-order chi connectivity index (χ0) is 19.3. The van der Waals surface area contributed by atoms with Crippen LogP contribution in [0, 0.1) is 5.82 Å².